The van der Waals surface area contributed by atoms with Gasteiger partial charge in [0.25, 0.3) is 0 Å². The zero-order chi connectivity index (χ0) is 13.9. The van der Waals surface area contributed by atoms with E-state index >= 15 is 0 Å². The fraction of sp³-hybridized carbons (Fsp3) is 0.188. The molecule has 1 atom stereocenters. The highest BCUT2D eigenvalue weighted by atomic mass is 79.9. The number of amidine groups is 1. The molecular weight excluding hydrogens is 332 g/mol. The third-order valence-corrected chi connectivity index (χ3v) is 4.74. The lowest BCUT2D eigenvalue weighted by molar-refractivity contribution is 0.966. The van der Waals surface area contributed by atoms with E-state index in [1.165, 1.54) is 11.1 Å². The third-order valence-electron chi connectivity index (χ3n) is 3.12. The summed E-state index contributed by atoms with van der Waals surface area (Å²) in [5.74, 6) is 0. The van der Waals surface area contributed by atoms with Gasteiger partial charge in [-0.05, 0) is 36.2 Å². The van der Waals surface area contributed by atoms with E-state index in [0.717, 1.165) is 21.9 Å². The van der Waals surface area contributed by atoms with Crippen LogP contribution in [0.4, 0.5) is 5.69 Å². The molecule has 20 heavy (non-hydrogen) atoms. The minimum absolute atomic E-state index is 0.423. The number of aliphatic imine (C=N–C) groups is 1. The number of nitrogens with one attached hydrogen (secondary N) is 1. The molecule has 102 valence electrons. The summed E-state index contributed by atoms with van der Waals surface area (Å²) in [4.78, 5) is 4.60. The molecule has 4 heteroatoms. The third kappa shape index (κ3) is 3.25. The number of aryl methyl sites for hydroxylation is 1. The zero-order valence-electron chi connectivity index (χ0n) is 11.1. The van der Waals surface area contributed by atoms with Crippen LogP contribution in [-0.4, -0.2) is 11.7 Å². The van der Waals surface area contributed by atoms with Crippen molar-refractivity contribution in [2.45, 2.75) is 12.2 Å². The van der Waals surface area contributed by atoms with Gasteiger partial charge in [-0.3, -0.25) is 4.99 Å². The standard InChI is InChI=1S/C16H15BrN2S/c1-11-7-13(17)9-14(8-11)19-16-18-10-15(20-16)12-5-3-2-4-6-12/h2-9,15H,10H2,1H3,(H,18,19). The van der Waals surface area contributed by atoms with Crippen molar-refractivity contribution in [3.05, 3.63) is 64.1 Å². The molecule has 1 unspecified atom stereocenters. The van der Waals surface area contributed by atoms with Gasteiger partial charge in [0.2, 0.25) is 0 Å². The van der Waals surface area contributed by atoms with Crippen LogP contribution in [0.15, 0.2) is 58.0 Å². The van der Waals surface area contributed by atoms with Gasteiger partial charge in [-0.25, -0.2) is 0 Å². The van der Waals surface area contributed by atoms with Gasteiger partial charge in [0.1, 0.15) is 0 Å². The molecule has 0 amide bonds. The number of benzene rings is 2. The molecule has 0 fully saturated rings. The van der Waals surface area contributed by atoms with E-state index in [2.05, 4.69) is 75.6 Å². The minimum Gasteiger partial charge on any atom is -0.335 e. The maximum Gasteiger partial charge on any atom is 0.161 e. The molecule has 1 heterocycles. The first-order chi connectivity index (χ1) is 9.70. The first-order valence-electron chi connectivity index (χ1n) is 6.51. The average Bonchev–Trinajstić information content (AvgIpc) is 2.87. The van der Waals surface area contributed by atoms with Crippen LogP contribution in [0.3, 0.4) is 0 Å². The second-order valence-electron chi connectivity index (χ2n) is 4.81. The number of thioether (sulfide) groups is 1. The lowest BCUT2D eigenvalue weighted by atomic mass is 10.1. The summed E-state index contributed by atoms with van der Waals surface area (Å²) >= 11 is 5.32. The number of nitrogens with zero attached hydrogens (tertiary/aromatic N) is 1. The van der Waals surface area contributed by atoms with Crippen LogP contribution >= 0.6 is 27.7 Å². The Morgan fingerprint density at radius 3 is 2.75 bits per heavy atom. The average molecular weight is 347 g/mol. The van der Waals surface area contributed by atoms with Crippen LogP contribution in [0.5, 0.6) is 0 Å². The van der Waals surface area contributed by atoms with Gasteiger partial charge in [-0.1, -0.05) is 58.0 Å². The van der Waals surface area contributed by atoms with Crippen LogP contribution in [0.2, 0.25) is 0 Å². The number of rotatable bonds is 2. The summed E-state index contributed by atoms with van der Waals surface area (Å²) in [5, 5.41) is 4.82. The van der Waals surface area contributed by atoms with Crippen molar-refractivity contribution in [2.75, 3.05) is 11.9 Å². The van der Waals surface area contributed by atoms with Gasteiger partial charge in [0, 0.05) is 10.2 Å². The Balaban J connectivity index is 1.68. The molecule has 2 aromatic rings. The van der Waals surface area contributed by atoms with E-state index in [1.807, 2.05) is 6.07 Å². The molecule has 0 bridgehead atoms. The molecule has 2 nitrogen and oxygen atoms in total. The topological polar surface area (TPSA) is 24.4 Å². The number of hydrogen-bond acceptors (Lipinski definition) is 3. The Bertz CT molecular complexity index is 620. The fourth-order valence-corrected chi connectivity index (χ4v) is 3.86. The Kier molecular flexibility index (Phi) is 4.13. The van der Waals surface area contributed by atoms with Crippen LogP contribution in [0.25, 0.3) is 0 Å². The Hall–Kier alpha value is -1.26. The molecule has 3 rings (SSSR count). The van der Waals surface area contributed by atoms with Crippen molar-refractivity contribution in [3.8, 4) is 0 Å². The quantitative estimate of drug-likeness (QED) is 0.825. The fourth-order valence-electron chi connectivity index (χ4n) is 2.22. The number of hydrogen-bond donors (Lipinski definition) is 1. The minimum atomic E-state index is 0.423. The Labute approximate surface area is 131 Å². The number of anilines is 1. The summed E-state index contributed by atoms with van der Waals surface area (Å²) in [5.41, 5.74) is 3.64. The molecule has 0 saturated carbocycles. The van der Waals surface area contributed by atoms with E-state index in [-0.39, 0.29) is 0 Å². The maximum atomic E-state index is 4.60. The van der Waals surface area contributed by atoms with E-state index in [0.29, 0.717) is 5.25 Å². The highest BCUT2D eigenvalue weighted by molar-refractivity contribution is 9.10. The summed E-state index contributed by atoms with van der Waals surface area (Å²) in [6.45, 7) is 2.93. The smallest absolute Gasteiger partial charge is 0.161 e. The van der Waals surface area contributed by atoms with Crippen molar-refractivity contribution in [1.82, 2.24) is 0 Å². The summed E-state index contributed by atoms with van der Waals surface area (Å²) < 4.78 is 1.09. The van der Waals surface area contributed by atoms with Gasteiger partial charge < -0.3 is 5.32 Å². The predicted octanol–water partition coefficient (Wildman–Crippen LogP) is 5.01. The molecular formula is C16H15BrN2S. The monoisotopic (exact) mass is 346 g/mol. The van der Waals surface area contributed by atoms with Crippen molar-refractivity contribution in [2.24, 2.45) is 4.99 Å². The van der Waals surface area contributed by atoms with E-state index in [4.69, 9.17) is 0 Å². The van der Waals surface area contributed by atoms with Crippen LogP contribution in [0, 0.1) is 6.92 Å². The maximum absolute atomic E-state index is 4.60. The second-order valence-corrected chi connectivity index (χ2v) is 6.91. The van der Waals surface area contributed by atoms with E-state index < -0.39 is 0 Å². The van der Waals surface area contributed by atoms with Crippen LogP contribution < -0.4 is 5.32 Å². The first-order valence-corrected chi connectivity index (χ1v) is 8.18. The van der Waals surface area contributed by atoms with Gasteiger partial charge in [-0.2, -0.15) is 0 Å². The summed E-state index contributed by atoms with van der Waals surface area (Å²) in [7, 11) is 0. The highest BCUT2D eigenvalue weighted by Gasteiger charge is 2.21. The molecule has 1 N–H and O–H groups in total. The SMILES string of the molecule is Cc1cc(Br)cc(NC2=NCC(c3ccccc3)S2)c1. The summed E-state index contributed by atoms with van der Waals surface area (Å²) in [6, 6.07) is 16.8. The van der Waals surface area contributed by atoms with Crippen LogP contribution in [-0.2, 0) is 0 Å². The molecule has 2 aromatic carbocycles. The van der Waals surface area contributed by atoms with Crippen molar-refractivity contribution in [1.29, 1.82) is 0 Å². The molecule has 0 spiro atoms. The van der Waals surface area contributed by atoms with Gasteiger partial charge in [0.15, 0.2) is 5.17 Å². The molecule has 1 aliphatic rings. The Morgan fingerprint density at radius 1 is 1.20 bits per heavy atom. The molecule has 0 aromatic heterocycles. The van der Waals surface area contributed by atoms with E-state index in [1.54, 1.807) is 11.8 Å². The molecule has 1 aliphatic heterocycles. The summed E-state index contributed by atoms with van der Waals surface area (Å²) in [6.07, 6.45) is 0. The lowest BCUT2D eigenvalue weighted by Crippen LogP contribution is -2.05. The number of halogens is 1. The van der Waals surface area contributed by atoms with Gasteiger partial charge in [-0.15, -0.1) is 0 Å². The molecule has 0 radical (unpaired) electrons. The van der Waals surface area contributed by atoms with Crippen LogP contribution in [0.1, 0.15) is 16.4 Å². The highest BCUT2D eigenvalue weighted by Crippen LogP contribution is 2.35. The Morgan fingerprint density at radius 2 is 2.00 bits per heavy atom. The zero-order valence-corrected chi connectivity index (χ0v) is 13.5. The largest absolute Gasteiger partial charge is 0.335 e. The van der Waals surface area contributed by atoms with Crippen molar-refractivity contribution < 1.29 is 0 Å². The first kappa shape index (κ1) is 13.7. The lowest BCUT2D eigenvalue weighted by Gasteiger charge is -2.10. The van der Waals surface area contributed by atoms with Gasteiger partial charge >= 0.3 is 0 Å². The van der Waals surface area contributed by atoms with E-state index in [9.17, 15) is 0 Å². The molecule has 0 saturated heterocycles. The van der Waals surface area contributed by atoms with Crippen molar-refractivity contribution in [3.63, 3.8) is 0 Å². The predicted molar refractivity (Wildman–Crippen MR) is 91.6 cm³/mol. The second kappa shape index (κ2) is 6.02. The van der Waals surface area contributed by atoms with Gasteiger partial charge in [0.05, 0.1) is 11.8 Å². The van der Waals surface area contributed by atoms with Crippen molar-refractivity contribution >= 4 is 38.5 Å². The normalized spacial score (nSPS) is 17.9. The molecule has 0 aliphatic carbocycles.